The SMILES string of the molecule is NC(=O)COc1ccc(Br)cc1/C=C1\SC(=O)N(Cc2c(F)cccc2Cl)C1=O. The zero-order valence-electron chi connectivity index (χ0n) is 14.7. The van der Waals surface area contributed by atoms with E-state index in [1.165, 1.54) is 24.3 Å². The van der Waals surface area contributed by atoms with Crippen LogP contribution in [0.15, 0.2) is 45.8 Å². The molecule has 0 unspecified atom stereocenters. The van der Waals surface area contributed by atoms with E-state index in [4.69, 9.17) is 22.1 Å². The number of amides is 3. The standard InChI is InChI=1S/C19H13BrClFN2O4S/c20-11-4-5-15(28-9-17(23)25)10(6-11)7-16-18(26)24(19(27)29-16)8-12-13(21)2-1-3-14(12)22/h1-7H,8-9H2,(H2,23,25)/b16-7-. The molecule has 2 aromatic rings. The van der Waals surface area contributed by atoms with E-state index < -0.39 is 22.9 Å². The van der Waals surface area contributed by atoms with Crippen LogP contribution in [-0.4, -0.2) is 28.6 Å². The molecule has 0 radical (unpaired) electrons. The summed E-state index contributed by atoms with van der Waals surface area (Å²) in [4.78, 5) is 37.1. The molecule has 1 saturated heterocycles. The first-order valence-electron chi connectivity index (χ1n) is 8.15. The Kier molecular flexibility index (Phi) is 6.61. The lowest BCUT2D eigenvalue weighted by Crippen LogP contribution is -2.28. The Hall–Kier alpha value is -2.36. The van der Waals surface area contributed by atoms with Crippen LogP contribution in [0.4, 0.5) is 9.18 Å². The zero-order chi connectivity index (χ0) is 21.1. The number of primary amides is 1. The normalized spacial score (nSPS) is 15.3. The highest BCUT2D eigenvalue weighted by Crippen LogP contribution is 2.36. The molecule has 1 fully saturated rings. The molecule has 10 heteroatoms. The molecule has 0 spiro atoms. The highest BCUT2D eigenvalue weighted by Gasteiger charge is 2.36. The van der Waals surface area contributed by atoms with Crippen LogP contribution in [0.25, 0.3) is 6.08 Å². The summed E-state index contributed by atoms with van der Waals surface area (Å²) in [5, 5.41) is -0.419. The molecule has 2 N–H and O–H groups in total. The van der Waals surface area contributed by atoms with Crippen molar-refractivity contribution in [1.29, 1.82) is 0 Å². The van der Waals surface area contributed by atoms with Crippen molar-refractivity contribution >= 4 is 62.4 Å². The fourth-order valence-corrected chi connectivity index (χ4v) is 3.96. The van der Waals surface area contributed by atoms with Crippen LogP contribution < -0.4 is 10.5 Å². The van der Waals surface area contributed by atoms with E-state index in [0.717, 1.165) is 16.7 Å². The van der Waals surface area contributed by atoms with Crippen LogP contribution in [0, 0.1) is 5.82 Å². The van der Waals surface area contributed by atoms with Gasteiger partial charge in [-0.15, -0.1) is 0 Å². The summed E-state index contributed by atoms with van der Waals surface area (Å²) < 4.78 is 20.1. The molecule has 3 amide bonds. The molecule has 0 atom stereocenters. The molecule has 0 aromatic heterocycles. The van der Waals surface area contributed by atoms with Crippen molar-refractivity contribution in [2.45, 2.75) is 6.54 Å². The van der Waals surface area contributed by atoms with Gasteiger partial charge in [-0.1, -0.05) is 33.6 Å². The molecule has 1 aliphatic heterocycles. The molecule has 0 aliphatic carbocycles. The minimum absolute atomic E-state index is 0.0608. The summed E-state index contributed by atoms with van der Waals surface area (Å²) >= 11 is 10.0. The average molecular weight is 500 g/mol. The molecule has 29 heavy (non-hydrogen) atoms. The number of hydrogen-bond donors (Lipinski definition) is 1. The van der Waals surface area contributed by atoms with E-state index in [9.17, 15) is 18.8 Å². The minimum Gasteiger partial charge on any atom is -0.483 e. The van der Waals surface area contributed by atoms with E-state index >= 15 is 0 Å². The molecule has 3 rings (SSSR count). The van der Waals surface area contributed by atoms with Gasteiger partial charge in [0.2, 0.25) is 0 Å². The fraction of sp³-hybridized carbons (Fsp3) is 0.105. The monoisotopic (exact) mass is 498 g/mol. The lowest BCUT2D eigenvalue weighted by Gasteiger charge is -2.14. The van der Waals surface area contributed by atoms with E-state index in [-0.39, 0.29) is 28.6 Å². The number of nitrogens with two attached hydrogens (primary N) is 1. The van der Waals surface area contributed by atoms with Gasteiger partial charge in [-0.3, -0.25) is 19.3 Å². The topological polar surface area (TPSA) is 89.7 Å². The third kappa shape index (κ3) is 4.98. The van der Waals surface area contributed by atoms with Gasteiger partial charge in [0, 0.05) is 20.6 Å². The quantitative estimate of drug-likeness (QED) is 0.597. The van der Waals surface area contributed by atoms with Crippen LogP contribution >= 0.6 is 39.3 Å². The highest BCUT2D eigenvalue weighted by atomic mass is 79.9. The van der Waals surface area contributed by atoms with Crippen LogP contribution in [-0.2, 0) is 16.1 Å². The molecule has 6 nitrogen and oxygen atoms in total. The summed E-state index contributed by atoms with van der Waals surface area (Å²) in [5.41, 5.74) is 5.63. The third-order valence-electron chi connectivity index (χ3n) is 3.88. The first-order valence-corrected chi connectivity index (χ1v) is 10.1. The number of halogens is 3. The summed E-state index contributed by atoms with van der Waals surface area (Å²) in [6, 6.07) is 9.09. The molecule has 1 aliphatic rings. The predicted molar refractivity (Wildman–Crippen MR) is 112 cm³/mol. The van der Waals surface area contributed by atoms with Crippen molar-refractivity contribution in [3.05, 3.63) is 67.7 Å². The van der Waals surface area contributed by atoms with Gasteiger partial charge in [0.05, 0.1) is 11.4 Å². The number of hydrogen-bond acceptors (Lipinski definition) is 5. The molecule has 0 bridgehead atoms. The lowest BCUT2D eigenvalue weighted by atomic mass is 10.1. The Morgan fingerprint density at radius 1 is 1.31 bits per heavy atom. The largest absolute Gasteiger partial charge is 0.483 e. The maximum atomic E-state index is 14.0. The number of ether oxygens (including phenoxy) is 1. The zero-order valence-corrected chi connectivity index (χ0v) is 17.8. The van der Waals surface area contributed by atoms with E-state index in [1.807, 2.05) is 0 Å². The summed E-state index contributed by atoms with van der Waals surface area (Å²) in [7, 11) is 0. The Morgan fingerprint density at radius 3 is 2.76 bits per heavy atom. The number of nitrogens with zero attached hydrogens (tertiary/aromatic N) is 1. The van der Waals surface area contributed by atoms with Crippen LogP contribution in [0.1, 0.15) is 11.1 Å². The van der Waals surface area contributed by atoms with Gasteiger partial charge in [0.25, 0.3) is 17.1 Å². The van der Waals surface area contributed by atoms with Crippen molar-refractivity contribution in [1.82, 2.24) is 4.90 Å². The maximum absolute atomic E-state index is 14.0. The van der Waals surface area contributed by atoms with Crippen LogP contribution in [0.2, 0.25) is 5.02 Å². The third-order valence-corrected chi connectivity index (χ3v) is 5.63. The first kappa shape index (κ1) is 21.4. The van der Waals surface area contributed by atoms with Crippen molar-refractivity contribution in [3.63, 3.8) is 0 Å². The molecule has 150 valence electrons. The number of rotatable bonds is 6. The van der Waals surface area contributed by atoms with Crippen molar-refractivity contribution in [3.8, 4) is 5.75 Å². The lowest BCUT2D eigenvalue weighted by molar-refractivity contribution is -0.123. The van der Waals surface area contributed by atoms with E-state index in [2.05, 4.69) is 15.9 Å². The Bertz CT molecular complexity index is 1030. The molecule has 1 heterocycles. The van der Waals surface area contributed by atoms with Gasteiger partial charge in [-0.05, 0) is 48.2 Å². The second-order valence-electron chi connectivity index (χ2n) is 5.91. The average Bonchev–Trinajstić information content (AvgIpc) is 2.91. The Labute approximate surface area is 183 Å². The number of imide groups is 1. The number of carbonyl (C=O) groups is 3. The van der Waals surface area contributed by atoms with Crippen molar-refractivity contribution < 1.29 is 23.5 Å². The molecule has 0 saturated carbocycles. The van der Waals surface area contributed by atoms with Gasteiger partial charge >= 0.3 is 0 Å². The molecular formula is C19H13BrClFN2O4S. The number of thioether (sulfide) groups is 1. The van der Waals surface area contributed by atoms with Gasteiger partial charge < -0.3 is 10.5 Å². The first-order chi connectivity index (χ1) is 13.8. The minimum atomic E-state index is -0.652. The van der Waals surface area contributed by atoms with Crippen LogP contribution in [0.3, 0.4) is 0 Å². The van der Waals surface area contributed by atoms with Crippen molar-refractivity contribution in [2.75, 3.05) is 6.61 Å². The number of benzene rings is 2. The molecule has 2 aromatic carbocycles. The van der Waals surface area contributed by atoms with Gasteiger partial charge in [0.1, 0.15) is 11.6 Å². The van der Waals surface area contributed by atoms with E-state index in [0.29, 0.717) is 15.8 Å². The fourth-order valence-electron chi connectivity index (χ4n) is 2.53. The highest BCUT2D eigenvalue weighted by molar-refractivity contribution is 9.10. The summed E-state index contributed by atoms with van der Waals surface area (Å²) in [6.45, 7) is -0.618. The predicted octanol–water partition coefficient (Wildman–Crippen LogP) is 4.34. The maximum Gasteiger partial charge on any atom is 0.293 e. The van der Waals surface area contributed by atoms with Gasteiger partial charge in [-0.25, -0.2) is 4.39 Å². The van der Waals surface area contributed by atoms with E-state index in [1.54, 1.807) is 18.2 Å². The Balaban J connectivity index is 1.89. The Morgan fingerprint density at radius 2 is 2.07 bits per heavy atom. The number of carbonyl (C=O) groups excluding carboxylic acids is 3. The van der Waals surface area contributed by atoms with Gasteiger partial charge in [-0.2, -0.15) is 0 Å². The van der Waals surface area contributed by atoms with Crippen molar-refractivity contribution in [2.24, 2.45) is 5.73 Å². The summed E-state index contributed by atoms with van der Waals surface area (Å²) in [6.07, 6.45) is 1.47. The van der Waals surface area contributed by atoms with Gasteiger partial charge in [0.15, 0.2) is 6.61 Å². The summed E-state index contributed by atoms with van der Waals surface area (Å²) in [5.74, 6) is -1.52. The smallest absolute Gasteiger partial charge is 0.293 e. The second kappa shape index (κ2) is 8.98. The molecular weight excluding hydrogens is 487 g/mol. The second-order valence-corrected chi connectivity index (χ2v) is 8.22. The van der Waals surface area contributed by atoms with Crippen LogP contribution in [0.5, 0.6) is 5.75 Å².